The largest absolute Gasteiger partial charge is 0.348 e. The van der Waals surface area contributed by atoms with Gasteiger partial charge in [0.25, 0.3) is 5.56 Å². The van der Waals surface area contributed by atoms with Gasteiger partial charge in [0.2, 0.25) is 11.8 Å². The normalized spacial score (nSPS) is 16.0. The molecule has 3 aromatic rings. The Morgan fingerprint density at radius 1 is 1.09 bits per heavy atom. The van der Waals surface area contributed by atoms with Crippen molar-refractivity contribution in [3.63, 3.8) is 0 Å². The molecule has 0 aliphatic heterocycles. The topological polar surface area (TPSA) is 97.2 Å². The van der Waals surface area contributed by atoms with Gasteiger partial charge in [0.15, 0.2) is 0 Å². The number of aromatic nitrogens is 2. The predicted molar refractivity (Wildman–Crippen MR) is 127 cm³/mol. The van der Waals surface area contributed by atoms with E-state index in [-0.39, 0.29) is 30.1 Å². The standard InChI is InChI=1S/C25H29N5O3/c1-17(26-2)24(32)28-22-15-29(19-11-4-3-5-12-19)30(25(22)33)16-23(31)27-21-14-8-10-18-9-6-7-13-20(18)21/h3-7,9,11-13,15,17,21,26H,8,10,14,16H2,1-2H3,(H,27,31)(H,28,32)/t17-,21+/m0/s1. The highest BCUT2D eigenvalue weighted by molar-refractivity contribution is 5.94. The summed E-state index contributed by atoms with van der Waals surface area (Å²) in [5.74, 6) is -0.578. The van der Waals surface area contributed by atoms with E-state index in [1.807, 2.05) is 42.5 Å². The number of nitrogens with one attached hydrogen (secondary N) is 3. The fourth-order valence-corrected chi connectivity index (χ4v) is 4.16. The summed E-state index contributed by atoms with van der Waals surface area (Å²) in [6.07, 6.45) is 4.43. The number of aryl methyl sites for hydroxylation is 1. The van der Waals surface area contributed by atoms with Gasteiger partial charge in [-0.05, 0) is 56.5 Å². The zero-order valence-electron chi connectivity index (χ0n) is 18.9. The lowest BCUT2D eigenvalue weighted by Crippen LogP contribution is -2.38. The maximum atomic E-state index is 13.2. The average molecular weight is 448 g/mol. The number of carbonyl (C=O) groups is 2. The van der Waals surface area contributed by atoms with E-state index in [0.717, 1.165) is 24.8 Å². The van der Waals surface area contributed by atoms with E-state index < -0.39 is 11.6 Å². The summed E-state index contributed by atoms with van der Waals surface area (Å²) in [6, 6.07) is 16.9. The number of amides is 2. The van der Waals surface area contributed by atoms with E-state index in [1.54, 1.807) is 24.9 Å². The van der Waals surface area contributed by atoms with Gasteiger partial charge in [-0.3, -0.25) is 19.1 Å². The fourth-order valence-electron chi connectivity index (χ4n) is 4.16. The first-order valence-corrected chi connectivity index (χ1v) is 11.2. The van der Waals surface area contributed by atoms with Gasteiger partial charge in [-0.15, -0.1) is 0 Å². The molecule has 0 bridgehead atoms. The summed E-state index contributed by atoms with van der Waals surface area (Å²) in [5.41, 5.74) is 2.79. The molecule has 8 heteroatoms. The second-order valence-electron chi connectivity index (χ2n) is 8.30. The zero-order valence-corrected chi connectivity index (χ0v) is 18.9. The lowest BCUT2D eigenvalue weighted by molar-refractivity contribution is -0.123. The minimum Gasteiger partial charge on any atom is -0.348 e. The summed E-state index contributed by atoms with van der Waals surface area (Å²) in [6.45, 7) is 1.54. The van der Waals surface area contributed by atoms with Crippen LogP contribution in [-0.4, -0.2) is 34.3 Å². The van der Waals surface area contributed by atoms with Crippen molar-refractivity contribution in [3.8, 4) is 5.69 Å². The first kappa shape index (κ1) is 22.5. The lowest BCUT2D eigenvalue weighted by Gasteiger charge is -2.26. The molecule has 0 unspecified atom stereocenters. The molecule has 8 nitrogen and oxygen atoms in total. The Labute approximate surface area is 192 Å². The highest BCUT2D eigenvalue weighted by atomic mass is 16.2. The Morgan fingerprint density at radius 3 is 2.58 bits per heavy atom. The van der Waals surface area contributed by atoms with Crippen LogP contribution in [0, 0.1) is 0 Å². The number of carbonyl (C=O) groups excluding carboxylic acids is 2. The quantitative estimate of drug-likeness (QED) is 0.518. The smallest absolute Gasteiger partial charge is 0.291 e. The van der Waals surface area contributed by atoms with Crippen LogP contribution in [0.4, 0.5) is 5.69 Å². The van der Waals surface area contributed by atoms with Crippen molar-refractivity contribution in [3.05, 3.63) is 82.3 Å². The third-order valence-electron chi connectivity index (χ3n) is 6.08. The Balaban J connectivity index is 1.60. The molecule has 4 rings (SSSR count). The maximum absolute atomic E-state index is 13.2. The van der Waals surface area contributed by atoms with E-state index in [0.29, 0.717) is 5.69 Å². The molecule has 0 saturated heterocycles. The molecule has 2 atom stereocenters. The number of likely N-dealkylation sites (N-methyl/N-ethyl adjacent to an activating group) is 1. The summed E-state index contributed by atoms with van der Waals surface area (Å²) in [4.78, 5) is 38.5. The van der Waals surface area contributed by atoms with Gasteiger partial charge in [0.05, 0.1) is 24.0 Å². The minimum atomic E-state index is -0.465. The highest BCUT2D eigenvalue weighted by Gasteiger charge is 2.23. The van der Waals surface area contributed by atoms with Gasteiger partial charge in [-0.25, -0.2) is 4.68 Å². The molecule has 0 spiro atoms. The molecule has 1 aromatic heterocycles. The number of hydrogen-bond acceptors (Lipinski definition) is 4. The van der Waals surface area contributed by atoms with Gasteiger partial charge in [-0.1, -0.05) is 42.5 Å². The third-order valence-corrected chi connectivity index (χ3v) is 6.08. The molecular weight excluding hydrogens is 418 g/mol. The molecule has 1 aliphatic rings. The van der Waals surface area contributed by atoms with Crippen molar-refractivity contribution in [2.75, 3.05) is 12.4 Å². The van der Waals surface area contributed by atoms with Crippen LogP contribution in [0.5, 0.6) is 0 Å². The highest BCUT2D eigenvalue weighted by Crippen LogP contribution is 2.29. The van der Waals surface area contributed by atoms with Crippen LogP contribution >= 0.6 is 0 Å². The fraction of sp³-hybridized carbons (Fsp3) is 0.320. The van der Waals surface area contributed by atoms with E-state index >= 15 is 0 Å². The van der Waals surface area contributed by atoms with Crippen LogP contribution in [0.15, 0.2) is 65.6 Å². The Morgan fingerprint density at radius 2 is 1.82 bits per heavy atom. The molecule has 0 radical (unpaired) electrons. The number of anilines is 1. The lowest BCUT2D eigenvalue weighted by atomic mass is 9.88. The first-order valence-electron chi connectivity index (χ1n) is 11.2. The SMILES string of the molecule is CN[C@@H](C)C(=O)Nc1cn(-c2ccccc2)n(CC(=O)N[C@@H]2CCCc3ccccc32)c1=O. The van der Waals surface area contributed by atoms with Gasteiger partial charge < -0.3 is 16.0 Å². The summed E-state index contributed by atoms with van der Waals surface area (Å²) >= 11 is 0. The molecule has 172 valence electrons. The van der Waals surface area contributed by atoms with Crippen molar-refractivity contribution < 1.29 is 9.59 Å². The number of para-hydroxylation sites is 1. The number of rotatable bonds is 7. The molecule has 0 fully saturated rings. The van der Waals surface area contributed by atoms with Crippen molar-refractivity contribution in [2.45, 2.75) is 44.8 Å². The van der Waals surface area contributed by atoms with E-state index in [1.165, 1.54) is 10.2 Å². The third kappa shape index (κ3) is 4.90. The van der Waals surface area contributed by atoms with E-state index in [2.05, 4.69) is 28.1 Å². The van der Waals surface area contributed by atoms with Crippen molar-refractivity contribution in [1.82, 2.24) is 20.0 Å². The van der Waals surface area contributed by atoms with Gasteiger partial charge in [-0.2, -0.15) is 0 Å². The van der Waals surface area contributed by atoms with Crippen LogP contribution in [-0.2, 0) is 22.6 Å². The predicted octanol–water partition coefficient (Wildman–Crippen LogP) is 2.38. The molecule has 33 heavy (non-hydrogen) atoms. The Bertz CT molecular complexity index is 1200. The van der Waals surface area contributed by atoms with E-state index in [4.69, 9.17) is 0 Å². The Hall–Kier alpha value is -3.65. The second-order valence-corrected chi connectivity index (χ2v) is 8.30. The number of hydrogen-bond donors (Lipinski definition) is 3. The number of fused-ring (bicyclic) bond motifs is 1. The molecule has 1 aliphatic carbocycles. The number of nitrogens with zero attached hydrogens (tertiary/aromatic N) is 2. The second kappa shape index (κ2) is 9.87. The summed E-state index contributed by atoms with van der Waals surface area (Å²) < 4.78 is 2.95. The van der Waals surface area contributed by atoms with Crippen molar-refractivity contribution in [2.24, 2.45) is 0 Å². The maximum Gasteiger partial charge on any atom is 0.291 e. The molecule has 2 aromatic carbocycles. The monoisotopic (exact) mass is 447 g/mol. The molecular formula is C25H29N5O3. The van der Waals surface area contributed by atoms with Gasteiger partial charge >= 0.3 is 0 Å². The van der Waals surface area contributed by atoms with Crippen molar-refractivity contribution >= 4 is 17.5 Å². The van der Waals surface area contributed by atoms with Crippen LogP contribution in [0.1, 0.15) is 36.9 Å². The number of benzene rings is 2. The van der Waals surface area contributed by atoms with Crippen LogP contribution in [0.2, 0.25) is 0 Å². The molecule has 1 heterocycles. The van der Waals surface area contributed by atoms with Crippen LogP contribution in [0.25, 0.3) is 5.69 Å². The van der Waals surface area contributed by atoms with Crippen LogP contribution < -0.4 is 21.5 Å². The van der Waals surface area contributed by atoms with Crippen LogP contribution in [0.3, 0.4) is 0 Å². The summed E-state index contributed by atoms with van der Waals surface area (Å²) in [5, 5.41) is 8.62. The molecule has 3 N–H and O–H groups in total. The average Bonchev–Trinajstić information content (AvgIpc) is 3.14. The van der Waals surface area contributed by atoms with Gasteiger partial charge in [0, 0.05) is 0 Å². The Kier molecular flexibility index (Phi) is 6.74. The zero-order chi connectivity index (χ0) is 23.4. The first-order chi connectivity index (χ1) is 16.0. The molecule has 2 amide bonds. The molecule has 0 saturated carbocycles. The van der Waals surface area contributed by atoms with Gasteiger partial charge in [0.1, 0.15) is 12.2 Å². The minimum absolute atomic E-state index is 0.0751. The summed E-state index contributed by atoms with van der Waals surface area (Å²) in [7, 11) is 1.67. The van der Waals surface area contributed by atoms with Crippen molar-refractivity contribution in [1.29, 1.82) is 0 Å². The van der Waals surface area contributed by atoms with E-state index in [9.17, 15) is 14.4 Å².